The molecule has 0 spiro atoms. The van der Waals surface area contributed by atoms with E-state index in [9.17, 15) is 0 Å². The molecule has 2 N–H and O–H groups in total. The fourth-order valence-electron chi connectivity index (χ4n) is 1.78. The molecule has 0 bridgehead atoms. The van der Waals surface area contributed by atoms with Crippen molar-refractivity contribution in [3.05, 3.63) is 41.6 Å². The highest BCUT2D eigenvalue weighted by Crippen LogP contribution is 2.14. The van der Waals surface area contributed by atoms with E-state index in [-0.39, 0.29) is 0 Å². The first-order valence-corrected chi connectivity index (χ1v) is 5.44. The quantitative estimate of drug-likeness (QED) is 0.847. The molecule has 2 rings (SSSR count). The van der Waals surface area contributed by atoms with E-state index < -0.39 is 0 Å². The summed E-state index contributed by atoms with van der Waals surface area (Å²) in [6.45, 7) is 4.65. The molecule has 0 unspecified atom stereocenters. The molecule has 0 radical (unpaired) electrons. The lowest BCUT2D eigenvalue weighted by atomic mass is 10.2. The molecule has 0 aliphatic rings. The molecule has 0 saturated carbocycles. The van der Waals surface area contributed by atoms with Crippen LogP contribution in [0.25, 0.3) is 5.82 Å². The van der Waals surface area contributed by atoms with E-state index in [1.807, 2.05) is 23.9 Å². The van der Waals surface area contributed by atoms with Crippen molar-refractivity contribution in [2.45, 2.75) is 26.8 Å². The van der Waals surface area contributed by atoms with Gasteiger partial charge in [0.25, 0.3) is 0 Å². The first-order chi connectivity index (χ1) is 7.76. The zero-order valence-corrected chi connectivity index (χ0v) is 9.64. The molecular formula is C12H16N4. The molecule has 0 saturated heterocycles. The molecule has 4 heteroatoms. The summed E-state index contributed by atoms with van der Waals surface area (Å²) in [5.74, 6) is 1.96. The van der Waals surface area contributed by atoms with E-state index in [4.69, 9.17) is 5.73 Å². The number of hydrogen-bond donors (Lipinski definition) is 1. The van der Waals surface area contributed by atoms with Crippen molar-refractivity contribution in [3.63, 3.8) is 0 Å². The number of rotatable bonds is 3. The predicted molar refractivity (Wildman–Crippen MR) is 63.4 cm³/mol. The molecular weight excluding hydrogens is 200 g/mol. The van der Waals surface area contributed by atoms with Crippen LogP contribution in [0.15, 0.2) is 24.7 Å². The number of aromatic nitrogens is 3. The standard InChI is InChI=1S/C12H16N4/c1-3-11-14-4-5-16(11)12-9(2)6-10(7-13)8-15-12/h4-6,8H,3,7,13H2,1-2H3. The molecule has 2 aromatic rings. The first-order valence-electron chi connectivity index (χ1n) is 5.44. The van der Waals surface area contributed by atoms with Gasteiger partial charge in [0, 0.05) is 31.6 Å². The summed E-state index contributed by atoms with van der Waals surface area (Å²) in [5, 5.41) is 0. The van der Waals surface area contributed by atoms with Crippen LogP contribution >= 0.6 is 0 Å². The van der Waals surface area contributed by atoms with Crippen molar-refractivity contribution in [1.82, 2.24) is 14.5 Å². The van der Waals surface area contributed by atoms with Gasteiger partial charge in [-0.05, 0) is 24.1 Å². The molecule has 0 amide bonds. The van der Waals surface area contributed by atoms with Crippen molar-refractivity contribution in [3.8, 4) is 5.82 Å². The zero-order valence-electron chi connectivity index (χ0n) is 9.64. The number of imidazole rings is 1. The van der Waals surface area contributed by atoms with Gasteiger partial charge in [-0.1, -0.05) is 6.92 Å². The SMILES string of the molecule is CCc1nccn1-c1ncc(CN)cc1C. The number of nitrogens with zero attached hydrogens (tertiary/aromatic N) is 3. The van der Waals surface area contributed by atoms with Gasteiger partial charge in [-0.3, -0.25) is 4.57 Å². The topological polar surface area (TPSA) is 56.7 Å². The molecule has 0 aliphatic carbocycles. The number of pyridine rings is 1. The highest BCUT2D eigenvalue weighted by molar-refractivity contribution is 5.36. The molecule has 0 fully saturated rings. The lowest BCUT2D eigenvalue weighted by Crippen LogP contribution is -2.06. The van der Waals surface area contributed by atoms with Gasteiger partial charge in [-0.2, -0.15) is 0 Å². The third-order valence-electron chi connectivity index (χ3n) is 2.60. The minimum Gasteiger partial charge on any atom is -0.326 e. The van der Waals surface area contributed by atoms with E-state index in [2.05, 4.69) is 23.0 Å². The van der Waals surface area contributed by atoms with Crippen LogP contribution in [0.5, 0.6) is 0 Å². The summed E-state index contributed by atoms with van der Waals surface area (Å²) in [6.07, 6.45) is 6.46. The van der Waals surface area contributed by atoms with Crippen molar-refractivity contribution < 1.29 is 0 Å². The summed E-state index contributed by atoms with van der Waals surface area (Å²) in [4.78, 5) is 8.74. The molecule has 0 aromatic carbocycles. The van der Waals surface area contributed by atoms with Crippen LogP contribution in [0.4, 0.5) is 0 Å². The second kappa shape index (κ2) is 4.45. The fourth-order valence-corrected chi connectivity index (χ4v) is 1.78. The van der Waals surface area contributed by atoms with Crippen molar-refractivity contribution in [2.75, 3.05) is 0 Å². The Kier molecular flexibility index (Phi) is 3.01. The lowest BCUT2D eigenvalue weighted by Gasteiger charge is -2.09. The zero-order chi connectivity index (χ0) is 11.5. The van der Waals surface area contributed by atoms with Crippen LogP contribution in [0, 0.1) is 6.92 Å². The third kappa shape index (κ3) is 1.84. The largest absolute Gasteiger partial charge is 0.326 e. The van der Waals surface area contributed by atoms with E-state index >= 15 is 0 Å². The second-order valence-corrected chi connectivity index (χ2v) is 3.76. The Labute approximate surface area is 95.1 Å². The Morgan fingerprint density at radius 3 is 2.81 bits per heavy atom. The maximum atomic E-state index is 5.58. The van der Waals surface area contributed by atoms with Gasteiger partial charge >= 0.3 is 0 Å². The van der Waals surface area contributed by atoms with Crippen molar-refractivity contribution >= 4 is 0 Å². The molecule has 84 valence electrons. The van der Waals surface area contributed by atoms with E-state index in [0.717, 1.165) is 29.2 Å². The van der Waals surface area contributed by atoms with E-state index in [0.29, 0.717) is 6.54 Å². The summed E-state index contributed by atoms with van der Waals surface area (Å²) in [6, 6.07) is 2.07. The summed E-state index contributed by atoms with van der Waals surface area (Å²) in [7, 11) is 0. The molecule has 4 nitrogen and oxygen atoms in total. The smallest absolute Gasteiger partial charge is 0.140 e. The van der Waals surface area contributed by atoms with Crippen LogP contribution in [0.2, 0.25) is 0 Å². The van der Waals surface area contributed by atoms with Crippen molar-refractivity contribution in [2.24, 2.45) is 5.73 Å². The van der Waals surface area contributed by atoms with Gasteiger partial charge in [0.15, 0.2) is 0 Å². The van der Waals surface area contributed by atoms with Crippen LogP contribution in [-0.2, 0) is 13.0 Å². The predicted octanol–water partition coefficient (Wildman–Crippen LogP) is 1.60. The molecule has 16 heavy (non-hydrogen) atoms. The first kappa shape index (κ1) is 10.8. The van der Waals surface area contributed by atoms with Crippen LogP contribution in [-0.4, -0.2) is 14.5 Å². The highest BCUT2D eigenvalue weighted by atomic mass is 15.1. The Hall–Kier alpha value is -1.68. The van der Waals surface area contributed by atoms with Crippen molar-refractivity contribution in [1.29, 1.82) is 0 Å². The van der Waals surface area contributed by atoms with E-state index in [1.54, 1.807) is 6.20 Å². The summed E-state index contributed by atoms with van der Waals surface area (Å²) < 4.78 is 2.02. The van der Waals surface area contributed by atoms with Gasteiger partial charge in [-0.15, -0.1) is 0 Å². The third-order valence-corrected chi connectivity index (χ3v) is 2.60. The average molecular weight is 216 g/mol. The van der Waals surface area contributed by atoms with Gasteiger partial charge in [-0.25, -0.2) is 9.97 Å². The van der Waals surface area contributed by atoms with Gasteiger partial charge in [0.2, 0.25) is 0 Å². The maximum absolute atomic E-state index is 5.58. The molecule has 0 atom stereocenters. The monoisotopic (exact) mass is 216 g/mol. The normalized spacial score (nSPS) is 10.7. The molecule has 2 heterocycles. The summed E-state index contributed by atoms with van der Waals surface area (Å²) in [5.41, 5.74) is 7.76. The van der Waals surface area contributed by atoms with Gasteiger partial charge < -0.3 is 5.73 Å². The van der Waals surface area contributed by atoms with Gasteiger partial charge in [0.1, 0.15) is 11.6 Å². The minimum atomic E-state index is 0.526. The van der Waals surface area contributed by atoms with Gasteiger partial charge in [0.05, 0.1) is 0 Å². The fraction of sp³-hybridized carbons (Fsp3) is 0.333. The number of aryl methyl sites for hydroxylation is 2. The van der Waals surface area contributed by atoms with Crippen LogP contribution in [0.1, 0.15) is 23.9 Å². The Morgan fingerprint density at radius 1 is 1.38 bits per heavy atom. The lowest BCUT2D eigenvalue weighted by molar-refractivity contribution is 0.855. The van der Waals surface area contributed by atoms with Crippen LogP contribution in [0.3, 0.4) is 0 Å². The Bertz CT molecular complexity index is 488. The maximum Gasteiger partial charge on any atom is 0.140 e. The van der Waals surface area contributed by atoms with Crippen LogP contribution < -0.4 is 5.73 Å². The number of nitrogens with two attached hydrogens (primary N) is 1. The van der Waals surface area contributed by atoms with E-state index in [1.165, 1.54) is 0 Å². The Morgan fingerprint density at radius 2 is 2.19 bits per heavy atom. The highest BCUT2D eigenvalue weighted by Gasteiger charge is 2.07. The minimum absolute atomic E-state index is 0.526. The number of hydrogen-bond acceptors (Lipinski definition) is 3. The average Bonchev–Trinajstić information content (AvgIpc) is 2.76. The molecule has 2 aromatic heterocycles. The summed E-state index contributed by atoms with van der Waals surface area (Å²) >= 11 is 0. The Balaban J connectivity index is 2.48. The second-order valence-electron chi connectivity index (χ2n) is 3.76. The molecule has 0 aliphatic heterocycles.